The van der Waals surface area contributed by atoms with Crippen molar-refractivity contribution < 1.29 is 4.74 Å². The SMILES string of the molecule is CC(C)n1ncnc1-c1nc2c(s1)CCOc1cc(-c3nccn3C)ccc1-2. The van der Waals surface area contributed by atoms with Crippen LogP contribution in [0.2, 0.25) is 0 Å². The van der Waals surface area contributed by atoms with Gasteiger partial charge in [0, 0.05) is 47.9 Å². The van der Waals surface area contributed by atoms with Crippen LogP contribution < -0.4 is 4.74 Å². The summed E-state index contributed by atoms with van der Waals surface area (Å²) in [5.41, 5.74) is 3.03. The smallest absolute Gasteiger partial charge is 0.187 e. The molecule has 0 atom stereocenters. The van der Waals surface area contributed by atoms with E-state index in [0.29, 0.717) is 6.61 Å². The van der Waals surface area contributed by atoms with Crippen LogP contribution in [0.1, 0.15) is 24.8 Å². The van der Waals surface area contributed by atoms with E-state index < -0.39 is 0 Å². The molecule has 8 heteroatoms. The lowest BCUT2D eigenvalue weighted by Crippen LogP contribution is -2.04. The van der Waals surface area contributed by atoms with Gasteiger partial charge in [-0.3, -0.25) is 0 Å². The predicted molar refractivity (Wildman–Crippen MR) is 108 cm³/mol. The molecule has 0 aliphatic carbocycles. The minimum atomic E-state index is 0.233. The average Bonchev–Trinajstić information content (AvgIpc) is 3.39. The van der Waals surface area contributed by atoms with Gasteiger partial charge in [-0.05, 0) is 26.0 Å². The maximum Gasteiger partial charge on any atom is 0.187 e. The zero-order valence-electron chi connectivity index (χ0n) is 16.0. The fraction of sp³-hybridized carbons (Fsp3) is 0.300. The van der Waals surface area contributed by atoms with Crippen LogP contribution in [-0.4, -0.2) is 35.9 Å². The van der Waals surface area contributed by atoms with Crippen molar-refractivity contribution in [2.75, 3.05) is 6.61 Å². The largest absolute Gasteiger partial charge is 0.492 e. The van der Waals surface area contributed by atoms with E-state index in [-0.39, 0.29) is 6.04 Å². The Balaban J connectivity index is 1.61. The molecule has 4 heterocycles. The van der Waals surface area contributed by atoms with Crippen molar-refractivity contribution in [2.45, 2.75) is 26.3 Å². The van der Waals surface area contributed by atoms with Crippen LogP contribution in [-0.2, 0) is 13.5 Å². The second-order valence-corrected chi connectivity index (χ2v) is 8.17. The van der Waals surface area contributed by atoms with Gasteiger partial charge in [0.05, 0.1) is 12.3 Å². The van der Waals surface area contributed by atoms with Crippen LogP contribution in [0.25, 0.3) is 33.5 Å². The van der Waals surface area contributed by atoms with Crippen LogP contribution in [0.3, 0.4) is 0 Å². The fourth-order valence-corrected chi connectivity index (χ4v) is 4.53. The Morgan fingerprint density at radius 3 is 2.86 bits per heavy atom. The molecule has 142 valence electrons. The van der Waals surface area contributed by atoms with Crippen molar-refractivity contribution in [1.29, 1.82) is 0 Å². The van der Waals surface area contributed by atoms with Gasteiger partial charge in [0.1, 0.15) is 17.9 Å². The second kappa shape index (κ2) is 6.56. The number of fused-ring (bicyclic) bond motifs is 3. The number of benzene rings is 1. The Kier molecular flexibility index (Phi) is 4.01. The van der Waals surface area contributed by atoms with Crippen LogP contribution in [0, 0.1) is 0 Å². The van der Waals surface area contributed by atoms with Crippen LogP contribution >= 0.6 is 11.3 Å². The minimum Gasteiger partial charge on any atom is -0.492 e. The summed E-state index contributed by atoms with van der Waals surface area (Å²) in [7, 11) is 1.99. The van der Waals surface area contributed by atoms with E-state index in [1.54, 1.807) is 23.9 Å². The number of rotatable bonds is 3. The van der Waals surface area contributed by atoms with Crippen molar-refractivity contribution in [3.63, 3.8) is 0 Å². The molecule has 5 rings (SSSR count). The van der Waals surface area contributed by atoms with Gasteiger partial charge < -0.3 is 9.30 Å². The number of nitrogens with zero attached hydrogens (tertiary/aromatic N) is 6. The summed E-state index contributed by atoms with van der Waals surface area (Å²) in [5.74, 6) is 2.58. The molecular weight excluding hydrogens is 372 g/mol. The molecule has 28 heavy (non-hydrogen) atoms. The topological polar surface area (TPSA) is 70.7 Å². The van der Waals surface area contributed by atoms with Gasteiger partial charge in [-0.2, -0.15) is 5.10 Å². The summed E-state index contributed by atoms with van der Waals surface area (Å²) in [6.45, 7) is 4.82. The first-order valence-corrected chi connectivity index (χ1v) is 10.1. The van der Waals surface area contributed by atoms with Gasteiger partial charge in [-0.25, -0.2) is 19.6 Å². The second-order valence-electron chi connectivity index (χ2n) is 7.08. The normalized spacial score (nSPS) is 13.1. The maximum atomic E-state index is 6.06. The third kappa shape index (κ3) is 2.72. The number of hydrogen-bond acceptors (Lipinski definition) is 6. The number of ether oxygens (including phenoxy) is 1. The Hall–Kier alpha value is -3.00. The lowest BCUT2D eigenvalue weighted by molar-refractivity contribution is 0.327. The lowest BCUT2D eigenvalue weighted by Gasteiger charge is -2.10. The van der Waals surface area contributed by atoms with E-state index in [1.807, 2.05) is 22.5 Å². The molecule has 0 saturated heterocycles. The summed E-state index contributed by atoms with van der Waals surface area (Å²) < 4.78 is 9.98. The highest BCUT2D eigenvalue weighted by Gasteiger charge is 2.24. The predicted octanol–water partition coefficient (Wildman–Crippen LogP) is 3.98. The molecule has 7 nitrogen and oxygen atoms in total. The minimum absolute atomic E-state index is 0.233. The molecule has 0 unspecified atom stereocenters. The van der Waals surface area contributed by atoms with Crippen molar-refractivity contribution in [3.8, 4) is 39.2 Å². The number of thiazole rings is 1. The molecule has 0 fully saturated rings. The van der Waals surface area contributed by atoms with Gasteiger partial charge >= 0.3 is 0 Å². The van der Waals surface area contributed by atoms with E-state index in [2.05, 4.69) is 47.1 Å². The molecule has 1 aromatic carbocycles. The van der Waals surface area contributed by atoms with Crippen molar-refractivity contribution in [3.05, 3.63) is 41.8 Å². The highest BCUT2D eigenvalue weighted by Crippen LogP contribution is 2.41. The zero-order chi connectivity index (χ0) is 19.3. The summed E-state index contributed by atoms with van der Waals surface area (Å²) in [5, 5.41) is 5.25. The molecule has 0 bridgehead atoms. The van der Waals surface area contributed by atoms with E-state index >= 15 is 0 Å². The number of hydrogen-bond donors (Lipinski definition) is 0. The molecule has 0 amide bonds. The molecular formula is C20H20N6OS. The average molecular weight is 392 g/mol. The number of aryl methyl sites for hydroxylation is 1. The van der Waals surface area contributed by atoms with Crippen molar-refractivity contribution in [1.82, 2.24) is 29.3 Å². The molecule has 0 radical (unpaired) electrons. The third-order valence-corrected chi connectivity index (χ3v) is 5.96. The lowest BCUT2D eigenvalue weighted by atomic mass is 10.1. The van der Waals surface area contributed by atoms with E-state index in [0.717, 1.165) is 45.6 Å². The molecule has 3 aromatic heterocycles. The monoisotopic (exact) mass is 392 g/mol. The number of aromatic nitrogens is 6. The van der Waals surface area contributed by atoms with Gasteiger partial charge in [0.25, 0.3) is 0 Å². The molecule has 4 aromatic rings. The van der Waals surface area contributed by atoms with E-state index in [9.17, 15) is 0 Å². The maximum absolute atomic E-state index is 6.06. The van der Waals surface area contributed by atoms with Gasteiger partial charge in [0.2, 0.25) is 0 Å². The number of imidazole rings is 1. The van der Waals surface area contributed by atoms with E-state index in [1.165, 1.54) is 4.88 Å². The van der Waals surface area contributed by atoms with Gasteiger partial charge in [0.15, 0.2) is 10.8 Å². The Morgan fingerprint density at radius 1 is 1.18 bits per heavy atom. The zero-order valence-corrected chi connectivity index (χ0v) is 16.8. The Bertz CT molecular complexity index is 1160. The van der Waals surface area contributed by atoms with E-state index in [4.69, 9.17) is 9.72 Å². The third-order valence-electron chi connectivity index (χ3n) is 4.85. The standard InChI is InChI=1S/C20H20N6OS/c1-12(2)26-19(22-11-23-26)20-24-17-14-5-4-13(18-21-7-8-25(18)3)10-15(14)27-9-6-16(17)28-20/h4-5,7-8,10-12H,6,9H2,1-3H3. The summed E-state index contributed by atoms with van der Waals surface area (Å²) in [4.78, 5) is 15.0. The first-order chi connectivity index (χ1) is 13.6. The van der Waals surface area contributed by atoms with Crippen LogP contribution in [0.15, 0.2) is 36.9 Å². The van der Waals surface area contributed by atoms with Gasteiger partial charge in [-0.15, -0.1) is 11.3 Å². The molecule has 0 N–H and O–H groups in total. The van der Waals surface area contributed by atoms with Gasteiger partial charge in [-0.1, -0.05) is 6.07 Å². The highest BCUT2D eigenvalue weighted by atomic mass is 32.1. The summed E-state index contributed by atoms with van der Waals surface area (Å²) in [6.07, 6.45) is 6.17. The molecule has 0 spiro atoms. The van der Waals surface area contributed by atoms with Crippen molar-refractivity contribution >= 4 is 11.3 Å². The first kappa shape index (κ1) is 17.1. The van der Waals surface area contributed by atoms with Crippen LogP contribution in [0.5, 0.6) is 5.75 Å². The highest BCUT2D eigenvalue weighted by molar-refractivity contribution is 7.15. The molecule has 0 saturated carbocycles. The first-order valence-electron chi connectivity index (χ1n) is 9.26. The fourth-order valence-electron chi connectivity index (χ4n) is 3.48. The Morgan fingerprint density at radius 2 is 2.07 bits per heavy atom. The molecule has 1 aliphatic heterocycles. The Labute approximate surface area is 166 Å². The quantitative estimate of drug-likeness (QED) is 0.527. The van der Waals surface area contributed by atoms with Crippen molar-refractivity contribution in [2.24, 2.45) is 7.05 Å². The summed E-state index contributed by atoms with van der Waals surface area (Å²) >= 11 is 1.68. The van der Waals surface area contributed by atoms with Crippen LogP contribution in [0.4, 0.5) is 0 Å². The summed E-state index contributed by atoms with van der Waals surface area (Å²) in [6, 6.07) is 6.45. The molecule has 1 aliphatic rings.